The standard InChI is InChI=1S/C22H33N11O4/c1-23-6-4-2-3-5-7-26-20-31-21(29-16(18(34)35)8-14-10-24-12-27-14)33-22(32-20)30-17(19(36)37)9-15-11-25-13-28-15/h10-13,16-17,23H,2-9H2,1H3,(H,24,27)(H,25,28)(H,34,35)(H,36,37)(H3,26,29,30,31,32,33). The molecule has 8 N–H and O–H groups in total. The summed E-state index contributed by atoms with van der Waals surface area (Å²) < 4.78 is 0. The molecule has 0 fully saturated rings. The smallest absolute Gasteiger partial charge is 0.326 e. The number of nitrogens with one attached hydrogen (secondary N) is 6. The Morgan fingerprint density at radius 1 is 0.784 bits per heavy atom. The number of nitrogens with zero attached hydrogens (tertiary/aromatic N) is 5. The summed E-state index contributed by atoms with van der Waals surface area (Å²) in [4.78, 5) is 50.2. The van der Waals surface area contributed by atoms with Gasteiger partial charge < -0.3 is 41.4 Å². The zero-order valence-corrected chi connectivity index (χ0v) is 20.6. The van der Waals surface area contributed by atoms with Crippen LogP contribution in [0.3, 0.4) is 0 Å². The highest BCUT2D eigenvalue weighted by molar-refractivity contribution is 5.78. The van der Waals surface area contributed by atoms with Crippen LogP contribution >= 0.6 is 0 Å². The monoisotopic (exact) mass is 515 g/mol. The fourth-order valence-corrected chi connectivity index (χ4v) is 3.51. The summed E-state index contributed by atoms with van der Waals surface area (Å²) in [6.45, 7) is 1.56. The minimum Gasteiger partial charge on any atom is -0.480 e. The van der Waals surface area contributed by atoms with Crippen molar-refractivity contribution in [2.75, 3.05) is 36.1 Å². The molecule has 0 aliphatic heterocycles. The molecule has 200 valence electrons. The number of rotatable bonds is 18. The van der Waals surface area contributed by atoms with Crippen LogP contribution in [0.2, 0.25) is 0 Å². The highest BCUT2D eigenvalue weighted by Crippen LogP contribution is 2.14. The summed E-state index contributed by atoms with van der Waals surface area (Å²) in [5.74, 6) is -2.03. The molecule has 0 amide bonds. The van der Waals surface area contributed by atoms with E-state index in [0.717, 1.165) is 32.2 Å². The second kappa shape index (κ2) is 14.3. The molecular weight excluding hydrogens is 482 g/mol. The Morgan fingerprint density at radius 3 is 1.70 bits per heavy atom. The number of carboxylic acid groups (broad SMARTS) is 2. The van der Waals surface area contributed by atoms with Crippen molar-refractivity contribution in [1.29, 1.82) is 0 Å². The van der Waals surface area contributed by atoms with Crippen molar-refractivity contribution in [3.8, 4) is 0 Å². The summed E-state index contributed by atoms with van der Waals surface area (Å²) in [5, 5.41) is 31.3. The zero-order valence-electron chi connectivity index (χ0n) is 20.6. The highest BCUT2D eigenvalue weighted by atomic mass is 16.4. The molecule has 0 spiro atoms. The van der Waals surface area contributed by atoms with Crippen LogP contribution in [0.5, 0.6) is 0 Å². The second-order valence-corrected chi connectivity index (χ2v) is 8.38. The van der Waals surface area contributed by atoms with Crippen LogP contribution in [0, 0.1) is 0 Å². The van der Waals surface area contributed by atoms with Gasteiger partial charge in [0.1, 0.15) is 12.1 Å². The Hall–Kier alpha value is -4.27. The summed E-state index contributed by atoms with van der Waals surface area (Å²) in [6, 6.07) is -2.12. The van der Waals surface area contributed by atoms with E-state index < -0.39 is 24.0 Å². The van der Waals surface area contributed by atoms with Gasteiger partial charge >= 0.3 is 11.9 Å². The molecule has 15 nitrogen and oxygen atoms in total. The van der Waals surface area contributed by atoms with Crippen molar-refractivity contribution < 1.29 is 19.8 Å². The minimum atomic E-state index is -1.11. The van der Waals surface area contributed by atoms with Crippen molar-refractivity contribution in [3.63, 3.8) is 0 Å². The maximum atomic E-state index is 11.9. The number of hydrogen-bond donors (Lipinski definition) is 8. The number of carboxylic acids is 2. The molecule has 2 unspecified atom stereocenters. The van der Waals surface area contributed by atoms with Crippen molar-refractivity contribution >= 4 is 29.8 Å². The summed E-state index contributed by atoms with van der Waals surface area (Å²) in [6.07, 6.45) is 10.3. The quantitative estimate of drug-likeness (QED) is 0.110. The van der Waals surface area contributed by atoms with E-state index in [4.69, 9.17) is 0 Å². The van der Waals surface area contributed by atoms with E-state index in [0.29, 0.717) is 17.9 Å². The molecule has 0 saturated carbocycles. The normalized spacial score (nSPS) is 12.6. The third kappa shape index (κ3) is 9.36. The van der Waals surface area contributed by atoms with E-state index in [-0.39, 0.29) is 30.7 Å². The maximum Gasteiger partial charge on any atom is 0.326 e. The Morgan fingerprint density at radius 2 is 1.27 bits per heavy atom. The molecule has 3 heterocycles. The Balaban J connectivity index is 1.74. The first-order valence-corrected chi connectivity index (χ1v) is 12.0. The van der Waals surface area contributed by atoms with Crippen molar-refractivity contribution in [2.24, 2.45) is 0 Å². The van der Waals surface area contributed by atoms with E-state index >= 15 is 0 Å². The number of unbranched alkanes of at least 4 members (excludes halogenated alkanes) is 3. The van der Waals surface area contributed by atoms with Gasteiger partial charge in [-0.2, -0.15) is 15.0 Å². The van der Waals surface area contributed by atoms with Gasteiger partial charge in [0.2, 0.25) is 17.8 Å². The molecule has 3 aromatic heterocycles. The lowest BCUT2D eigenvalue weighted by molar-refractivity contribution is -0.138. The number of aromatic nitrogens is 7. The lowest BCUT2D eigenvalue weighted by Crippen LogP contribution is -2.34. The number of aromatic amines is 2. The van der Waals surface area contributed by atoms with Crippen LogP contribution < -0.4 is 21.3 Å². The summed E-state index contributed by atoms with van der Waals surface area (Å²) >= 11 is 0. The lowest BCUT2D eigenvalue weighted by Gasteiger charge is -2.17. The topological polar surface area (TPSA) is 219 Å². The average molecular weight is 516 g/mol. The van der Waals surface area contributed by atoms with Gasteiger partial charge in [-0.3, -0.25) is 0 Å². The van der Waals surface area contributed by atoms with Crippen LogP contribution in [0.15, 0.2) is 25.0 Å². The summed E-state index contributed by atoms with van der Waals surface area (Å²) in [7, 11) is 1.92. The van der Waals surface area contributed by atoms with E-state index in [2.05, 4.69) is 56.2 Å². The molecule has 0 saturated heterocycles. The van der Waals surface area contributed by atoms with Gasteiger partial charge in [0.05, 0.1) is 12.7 Å². The number of imidazole rings is 2. The predicted octanol–water partition coefficient (Wildman–Crippen LogP) is 0.725. The van der Waals surface area contributed by atoms with Gasteiger partial charge in [0.15, 0.2) is 0 Å². The second-order valence-electron chi connectivity index (χ2n) is 8.38. The number of anilines is 3. The zero-order chi connectivity index (χ0) is 26.5. The number of H-pyrrole nitrogens is 2. The molecule has 15 heteroatoms. The fourth-order valence-electron chi connectivity index (χ4n) is 3.51. The molecule has 0 aromatic carbocycles. The molecule has 3 rings (SSSR count). The first kappa shape index (κ1) is 27.3. The molecule has 3 aromatic rings. The van der Waals surface area contributed by atoms with Crippen LogP contribution in [-0.4, -0.2) is 89.3 Å². The molecule has 0 aliphatic carbocycles. The van der Waals surface area contributed by atoms with Gasteiger partial charge in [0.25, 0.3) is 0 Å². The van der Waals surface area contributed by atoms with Crippen LogP contribution in [0.4, 0.5) is 17.8 Å². The Bertz CT molecular complexity index is 1020. The van der Waals surface area contributed by atoms with Crippen molar-refractivity contribution in [1.82, 2.24) is 40.2 Å². The van der Waals surface area contributed by atoms with E-state index in [1.165, 1.54) is 25.0 Å². The van der Waals surface area contributed by atoms with Crippen LogP contribution in [0.25, 0.3) is 0 Å². The Labute approximate surface area is 213 Å². The Kier molecular flexibility index (Phi) is 10.6. The molecule has 0 aliphatic rings. The van der Waals surface area contributed by atoms with Crippen LogP contribution in [0.1, 0.15) is 37.1 Å². The van der Waals surface area contributed by atoms with Gasteiger partial charge in [-0.25, -0.2) is 19.6 Å². The average Bonchev–Trinajstić information content (AvgIpc) is 3.57. The van der Waals surface area contributed by atoms with Crippen molar-refractivity contribution in [2.45, 2.75) is 50.6 Å². The maximum absolute atomic E-state index is 11.9. The third-order valence-corrected chi connectivity index (χ3v) is 5.43. The number of carbonyl (C=O) groups is 2. The van der Waals surface area contributed by atoms with Gasteiger partial charge in [-0.05, 0) is 26.4 Å². The number of aliphatic carboxylic acids is 2. The largest absolute Gasteiger partial charge is 0.480 e. The molecular formula is C22H33N11O4. The molecule has 2 atom stereocenters. The summed E-state index contributed by atoms with van der Waals surface area (Å²) in [5.41, 5.74) is 1.24. The fraction of sp³-hybridized carbons (Fsp3) is 0.500. The van der Waals surface area contributed by atoms with E-state index in [1.54, 1.807) is 0 Å². The predicted molar refractivity (Wildman–Crippen MR) is 135 cm³/mol. The SMILES string of the molecule is CNCCCCCCNc1nc(NC(Cc2cnc[nH]2)C(=O)O)nc(NC(Cc2cnc[nH]2)C(=O)O)n1. The molecule has 37 heavy (non-hydrogen) atoms. The first-order chi connectivity index (χ1) is 17.9. The van der Waals surface area contributed by atoms with Gasteiger partial charge in [-0.1, -0.05) is 12.8 Å². The first-order valence-electron chi connectivity index (χ1n) is 12.0. The van der Waals surface area contributed by atoms with Crippen LogP contribution in [-0.2, 0) is 22.4 Å². The minimum absolute atomic E-state index is 0.00776. The van der Waals surface area contributed by atoms with E-state index in [1.807, 2.05) is 7.05 Å². The highest BCUT2D eigenvalue weighted by Gasteiger charge is 2.23. The van der Waals surface area contributed by atoms with Gasteiger partial charge in [0, 0.05) is 43.2 Å². The molecule has 0 radical (unpaired) electrons. The van der Waals surface area contributed by atoms with E-state index in [9.17, 15) is 19.8 Å². The van der Waals surface area contributed by atoms with Gasteiger partial charge in [-0.15, -0.1) is 0 Å². The number of hydrogen-bond acceptors (Lipinski definition) is 11. The molecule has 0 bridgehead atoms. The van der Waals surface area contributed by atoms with Crippen molar-refractivity contribution in [3.05, 3.63) is 36.4 Å². The lowest BCUT2D eigenvalue weighted by atomic mass is 10.1. The third-order valence-electron chi connectivity index (χ3n) is 5.43.